The van der Waals surface area contributed by atoms with E-state index >= 15 is 0 Å². The Kier molecular flexibility index (Phi) is 3.80. The summed E-state index contributed by atoms with van der Waals surface area (Å²) in [6.07, 6.45) is 2.23. The first-order chi connectivity index (χ1) is 8.91. The molecule has 0 spiro atoms. The van der Waals surface area contributed by atoms with Gasteiger partial charge in [-0.15, -0.1) is 0 Å². The molecule has 1 unspecified atom stereocenters. The molecule has 0 saturated carbocycles. The summed E-state index contributed by atoms with van der Waals surface area (Å²) in [7, 11) is 5.95. The fourth-order valence-electron chi connectivity index (χ4n) is 2.83. The van der Waals surface area contributed by atoms with Crippen LogP contribution in [-0.2, 0) is 7.05 Å². The number of aromatic carboxylic acids is 1. The summed E-state index contributed by atoms with van der Waals surface area (Å²) in [5, 5.41) is 13.6. The molecule has 2 rings (SSSR count). The van der Waals surface area contributed by atoms with Gasteiger partial charge in [0, 0.05) is 26.2 Å². The number of carbonyl (C=O) groups is 1. The lowest BCUT2D eigenvalue weighted by Crippen LogP contribution is -2.46. The predicted octanol–water partition coefficient (Wildman–Crippen LogP) is 0.957. The molecule has 2 heterocycles. The van der Waals surface area contributed by atoms with E-state index in [1.807, 2.05) is 7.05 Å². The first-order valence-corrected chi connectivity index (χ1v) is 6.60. The van der Waals surface area contributed by atoms with E-state index in [2.05, 4.69) is 29.0 Å². The van der Waals surface area contributed by atoms with Gasteiger partial charge >= 0.3 is 5.97 Å². The summed E-state index contributed by atoms with van der Waals surface area (Å²) in [4.78, 5) is 15.8. The smallest absolute Gasteiger partial charge is 0.341 e. The zero-order valence-corrected chi connectivity index (χ0v) is 12.1. The van der Waals surface area contributed by atoms with Crippen molar-refractivity contribution in [3.8, 4) is 0 Å². The Labute approximate surface area is 113 Å². The third-order valence-corrected chi connectivity index (χ3v) is 3.83. The third kappa shape index (κ3) is 2.58. The second-order valence-electron chi connectivity index (χ2n) is 5.42. The van der Waals surface area contributed by atoms with Crippen molar-refractivity contribution in [2.24, 2.45) is 7.05 Å². The number of piperidine rings is 1. The SMILES string of the molecule is Cc1nn(C)c(N2CCCC(N(C)C)C2)c1C(=O)O. The summed E-state index contributed by atoms with van der Waals surface area (Å²) in [5.41, 5.74) is 0.916. The molecule has 0 aliphatic carbocycles. The second kappa shape index (κ2) is 5.21. The Morgan fingerprint density at radius 3 is 2.74 bits per heavy atom. The summed E-state index contributed by atoms with van der Waals surface area (Å²) in [5.74, 6) is -0.163. The lowest BCUT2D eigenvalue weighted by Gasteiger charge is -2.37. The lowest BCUT2D eigenvalue weighted by atomic mass is 10.0. The highest BCUT2D eigenvalue weighted by Crippen LogP contribution is 2.27. The molecule has 0 amide bonds. The van der Waals surface area contributed by atoms with Crippen molar-refractivity contribution in [3.63, 3.8) is 0 Å². The first-order valence-electron chi connectivity index (χ1n) is 6.60. The molecule has 1 atom stereocenters. The summed E-state index contributed by atoms with van der Waals surface area (Å²) in [6.45, 7) is 3.50. The van der Waals surface area contributed by atoms with Crippen LogP contribution in [0.1, 0.15) is 28.9 Å². The topological polar surface area (TPSA) is 61.6 Å². The summed E-state index contributed by atoms with van der Waals surface area (Å²) < 4.78 is 1.69. The average Bonchev–Trinajstić information content (AvgIpc) is 2.64. The maximum absolute atomic E-state index is 11.4. The molecular weight excluding hydrogens is 244 g/mol. The fourth-order valence-corrected chi connectivity index (χ4v) is 2.83. The van der Waals surface area contributed by atoms with Crippen molar-refractivity contribution in [1.82, 2.24) is 14.7 Å². The van der Waals surface area contributed by atoms with Crippen molar-refractivity contribution < 1.29 is 9.90 Å². The maximum Gasteiger partial charge on any atom is 0.341 e. The first kappa shape index (κ1) is 13.9. The molecule has 1 aromatic heterocycles. The molecular formula is C13H22N4O2. The number of rotatable bonds is 3. The highest BCUT2D eigenvalue weighted by atomic mass is 16.4. The highest BCUT2D eigenvalue weighted by molar-refractivity contribution is 5.94. The van der Waals surface area contributed by atoms with Crippen LogP contribution in [0.15, 0.2) is 0 Å². The van der Waals surface area contributed by atoms with Crippen LogP contribution in [-0.4, -0.2) is 59.0 Å². The monoisotopic (exact) mass is 266 g/mol. The molecule has 0 radical (unpaired) electrons. The molecule has 6 nitrogen and oxygen atoms in total. The number of carboxylic acids is 1. The van der Waals surface area contributed by atoms with Crippen LogP contribution in [0.3, 0.4) is 0 Å². The minimum atomic E-state index is -0.896. The number of hydrogen-bond acceptors (Lipinski definition) is 4. The highest BCUT2D eigenvalue weighted by Gasteiger charge is 2.28. The van der Waals surface area contributed by atoms with Gasteiger partial charge in [0.2, 0.25) is 0 Å². The Morgan fingerprint density at radius 1 is 1.47 bits per heavy atom. The van der Waals surface area contributed by atoms with E-state index in [-0.39, 0.29) is 0 Å². The standard InChI is InChI=1S/C13H22N4O2/c1-9-11(13(18)19)12(16(4)14-9)17-7-5-6-10(8-17)15(2)3/h10H,5-8H2,1-4H3,(H,18,19). The maximum atomic E-state index is 11.4. The van der Waals surface area contributed by atoms with Crippen LogP contribution in [0.4, 0.5) is 5.82 Å². The Hall–Kier alpha value is -1.56. The van der Waals surface area contributed by atoms with Crippen LogP contribution in [0.2, 0.25) is 0 Å². The molecule has 1 N–H and O–H groups in total. The van der Waals surface area contributed by atoms with Gasteiger partial charge in [0.05, 0.1) is 5.69 Å². The third-order valence-electron chi connectivity index (χ3n) is 3.83. The number of hydrogen-bond donors (Lipinski definition) is 1. The van der Waals surface area contributed by atoms with E-state index in [4.69, 9.17) is 0 Å². The minimum Gasteiger partial charge on any atom is -0.477 e. The van der Waals surface area contributed by atoms with Crippen LogP contribution in [0.5, 0.6) is 0 Å². The average molecular weight is 266 g/mol. The van der Waals surface area contributed by atoms with Gasteiger partial charge in [0.15, 0.2) is 0 Å². The molecule has 1 aliphatic heterocycles. The molecule has 6 heteroatoms. The van der Waals surface area contributed by atoms with E-state index in [9.17, 15) is 9.90 Å². The number of carboxylic acid groups (broad SMARTS) is 1. The normalized spacial score (nSPS) is 20.1. The minimum absolute atomic E-state index is 0.335. The van der Waals surface area contributed by atoms with Gasteiger partial charge in [-0.2, -0.15) is 5.10 Å². The molecule has 0 bridgehead atoms. The molecule has 1 saturated heterocycles. The van der Waals surface area contributed by atoms with Crippen LogP contribution < -0.4 is 4.90 Å². The van der Waals surface area contributed by atoms with Gasteiger partial charge in [0.1, 0.15) is 11.4 Å². The number of aromatic nitrogens is 2. The number of aryl methyl sites for hydroxylation is 2. The zero-order valence-electron chi connectivity index (χ0n) is 12.1. The molecule has 1 aliphatic rings. The van der Waals surface area contributed by atoms with Gasteiger partial charge in [-0.05, 0) is 33.9 Å². The van der Waals surface area contributed by atoms with Gasteiger partial charge in [-0.3, -0.25) is 4.68 Å². The van der Waals surface area contributed by atoms with Crippen molar-refractivity contribution >= 4 is 11.8 Å². The van der Waals surface area contributed by atoms with Crippen LogP contribution in [0.25, 0.3) is 0 Å². The molecule has 0 aromatic carbocycles. The van der Waals surface area contributed by atoms with Crippen molar-refractivity contribution in [2.45, 2.75) is 25.8 Å². The number of likely N-dealkylation sites (N-methyl/N-ethyl adjacent to an activating group) is 1. The van der Waals surface area contributed by atoms with Crippen LogP contribution in [0, 0.1) is 6.92 Å². The Morgan fingerprint density at radius 2 is 2.16 bits per heavy atom. The Bertz CT molecular complexity index is 481. The Balaban J connectivity index is 2.33. The largest absolute Gasteiger partial charge is 0.477 e. The molecule has 1 aromatic rings. The zero-order chi connectivity index (χ0) is 14.2. The summed E-state index contributed by atoms with van der Waals surface area (Å²) >= 11 is 0. The molecule has 1 fully saturated rings. The van der Waals surface area contributed by atoms with E-state index in [1.165, 1.54) is 0 Å². The van der Waals surface area contributed by atoms with Crippen molar-refractivity contribution in [3.05, 3.63) is 11.3 Å². The fraction of sp³-hybridized carbons (Fsp3) is 0.692. The predicted molar refractivity (Wildman–Crippen MR) is 73.8 cm³/mol. The quantitative estimate of drug-likeness (QED) is 0.883. The van der Waals surface area contributed by atoms with Gasteiger partial charge in [-0.25, -0.2) is 4.79 Å². The van der Waals surface area contributed by atoms with Crippen LogP contribution >= 0.6 is 0 Å². The van der Waals surface area contributed by atoms with Gasteiger partial charge in [-0.1, -0.05) is 0 Å². The van der Waals surface area contributed by atoms with E-state index in [0.29, 0.717) is 17.3 Å². The number of anilines is 1. The second-order valence-corrected chi connectivity index (χ2v) is 5.42. The van der Waals surface area contributed by atoms with Crippen molar-refractivity contribution in [1.29, 1.82) is 0 Å². The molecule has 106 valence electrons. The van der Waals surface area contributed by atoms with E-state index in [1.54, 1.807) is 11.6 Å². The van der Waals surface area contributed by atoms with E-state index < -0.39 is 5.97 Å². The van der Waals surface area contributed by atoms with Gasteiger partial charge in [0.25, 0.3) is 0 Å². The van der Waals surface area contributed by atoms with Crippen molar-refractivity contribution in [2.75, 3.05) is 32.1 Å². The lowest BCUT2D eigenvalue weighted by molar-refractivity contribution is 0.0696. The number of nitrogens with zero attached hydrogens (tertiary/aromatic N) is 4. The van der Waals surface area contributed by atoms with Gasteiger partial charge < -0.3 is 14.9 Å². The van der Waals surface area contributed by atoms with E-state index in [0.717, 1.165) is 31.7 Å². The summed E-state index contributed by atoms with van der Waals surface area (Å²) in [6, 6.07) is 0.464. The molecule has 19 heavy (non-hydrogen) atoms.